The van der Waals surface area contributed by atoms with E-state index in [-0.39, 0.29) is 5.82 Å². The summed E-state index contributed by atoms with van der Waals surface area (Å²) in [5.74, 6) is 0.774. The van der Waals surface area contributed by atoms with E-state index in [0.29, 0.717) is 5.16 Å². The van der Waals surface area contributed by atoms with Crippen molar-refractivity contribution in [1.29, 1.82) is 0 Å². The van der Waals surface area contributed by atoms with Gasteiger partial charge in [0.05, 0.1) is 0 Å². The molecule has 0 aliphatic carbocycles. The summed E-state index contributed by atoms with van der Waals surface area (Å²) >= 11 is 1.49. The molecule has 0 atom stereocenters. The van der Waals surface area contributed by atoms with Gasteiger partial charge in [0, 0.05) is 12.8 Å². The van der Waals surface area contributed by atoms with Gasteiger partial charge in [-0.2, -0.15) is 0 Å². The van der Waals surface area contributed by atoms with Crippen LogP contribution in [0, 0.1) is 10.1 Å². The third-order valence-corrected chi connectivity index (χ3v) is 2.21. The van der Waals surface area contributed by atoms with Crippen molar-refractivity contribution in [3.05, 3.63) is 16.3 Å². The molecule has 6 heteroatoms. The Balaban J connectivity index is 2.92. The molecular formula is C6H9N3O2S. The number of hydrogen-bond acceptors (Lipinski definition) is 4. The minimum Gasteiger partial charge on any atom is -0.358 e. The van der Waals surface area contributed by atoms with Crippen LogP contribution in [-0.2, 0) is 7.05 Å². The number of aryl methyl sites for hydroxylation is 1. The molecule has 1 aromatic heterocycles. The topological polar surface area (TPSA) is 61.0 Å². The molecule has 0 amide bonds. The van der Waals surface area contributed by atoms with E-state index in [0.717, 1.165) is 5.75 Å². The zero-order chi connectivity index (χ0) is 9.14. The van der Waals surface area contributed by atoms with Crippen molar-refractivity contribution < 1.29 is 4.92 Å². The highest BCUT2D eigenvalue weighted by atomic mass is 32.2. The molecule has 0 radical (unpaired) electrons. The lowest BCUT2D eigenvalue weighted by molar-refractivity contribution is -0.389. The van der Waals surface area contributed by atoms with Crippen LogP contribution in [0.4, 0.5) is 5.82 Å². The zero-order valence-corrected chi connectivity index (χ0v) is 7.67. The first-order chi connectivity index (χ1) is 5.65. The van der Waals surface area contributed by atoms with E-state index >= 15 is 0 Å². The molecule has 0 unspecified atom stereocenters. The molecule has 66 valence electrons. The molecule has 0 N–H and O–H groups in total. The van der Waals surface area contributed by atoms with Crippen molar-refractivity contribution in [1.82, 2.24) is 9.55 Å². The van der Waals surface area contributed by atoms with Gasteiger partial charge >= 0.3 is 5.82 Å². The number of thioether (sulfide) groups is 1. The molecule has 0 fully saturated rings. The van der Waals surface area contributed by atoms with E-state index in [1.165, 1.54) is 18.0 Å². The Hall–Kier alpha value is -1.04. The highest BCUT2D eigenvalue weighted by Crippen LogP contribution is 2.19. The molecule has 0 aliphatic heterocycles. The van der Waals surface area contributed by atoms with Crippen molar-refractivity contribution >= 4 is 17.6 Å². The van der Waals surface area contributed by atoms with Crippen LogP contribution in [0.3, 0.4) is 0 Å². The summed E-state index contributed by atoms with van der Waals surface area (Å²) < 4.78 is 1.66. The van der Waals surface area contributed by atoms with Gasteiger partial charge in [0.15, 0.2) is 0 Å². The molecule has 0 saturated carbocycles. The monoisotopic (exact) mass is 187 g/mol. The fourth-order valence-electron chi connectivity index (χ4n) is 0.785. The van der Waals surface area contributed by atoms with E-state index in [1.807, 2.05) is 6.92 Å². The van der Waals surface area contributed by atoms with E-state index in [2.05, 4.69) is 4.98 Å². The number of rotatable bonds is 3. The lowest BCUT2D eigenvalue weighted by atomic mass is 10.8. The average Bonchev–Trinajstić information content (AvgIpc) is 2.34. The Morgan fingerprint density at radius 1 is 1.83 bits per heavy atom. The summed E-state index contributed by atoms with van der Waals surface area (Å²) in [5, 5.41) is 11.0. The number of nitro groups is 1. The zero-order valence-electron chi connectivity index (χ0n) is 6.85. The second kappa shape index (κ2) is 3.57. The molecule has 1 aromatic rings. The molecule has 1 heterocycles. The molecule has 1 rings (SSSR count). The Kier molecular flexibility index (Phi) is 2.69. The maximum atomic E-state index is 10.3. The smallest absolute Gasteiger partial charge is 0.358 e. The first kappa shape index (κ1) is 9.05. The van der Waals surface area contributed by atoms with Gasteiger partial charge in [-0.25, -0.2) is 0 Å². The fourth-order valence-corrected chi connectivity index (χ4v) is 1.46. The Bertz CT molecular complexity index is 297. The minimum atomic E-state index is -0.486. The largest absolute Gasteiger partial charge is 0.382 e. The van der Waals surface area contributed by atoms with E-state index < -0.39 is 4.92 Å². The van der Waals surface area contributed by atoms with Crippen LogP contribution >= 0.6 is 11.8 Å². The van der Waals surface area contributed by atoms with Crippen LogP contribution in [-0.4, -0.2) is 20.2 Å². The molecule has 0 aliphatic rings. The SMILES string of the molecule is CCSc1nc([N+](=O)[O-])cn1C. The predicted molar refractivity (Wildman–Crippen MR) is 46.3 cm³/mol. The van der Waals surface area contributed by atoms with E-state index in [9.17, 15) is 10.1 Å². The Labute approximate surface area is 73.9 Å². The van der Waals surface area contributed by atoms with Gasteiger partial charge in [-0.05, 0) is 9.91 Å². The molecule has 0 saturated heterocycles. The fraction of sp³-hybridized carbons (Fsp3) is 0.500. The van der Waals surface area contributed by atoms with Crippen LogP contribution in [0.1, 0.15) is 6.92 Å². The van der Waals surface area contributed by atoms with Crippen molar-refractivity contribution in [2.75, 3.05) is 5.75 Å². The van der Waals surface area contributed by atoms with Gasteiger partial charge in [0.1, 0.15) is 6.20 Å². The number of nitrogens with zero attached hydrogens (tertiary/aromatic N) is 3. The molecule has 12 heavy (non-hydrogen) atoms. The molecule has 0 bridgehead atoms. The predicted octanol–water partition coefficient (Wildman–Crippen LogP) is 1.44. The second-order valence-corrected chi connectivity index (χ2v) is 3.41. The quantitative estimate of drug-likeness (QED) is 0.408. The van der Waals surface area contributed by atoms with Gasteiger partial charge in [-0.15, -0.1) is 0 Å². The van der Waals surface area contributed by atoms with Gasteiger partial charge in [0.25, 0.3) is 5.16 Å². The maximum absolute atomic E-state index is 10.3. The summed E-state index contributed by atoms with van der Waals surface area (Å²) in [4.78, 5) is 13.6. The van der Waals surface area contributed by atoms with Crippen LogP contribution in [0.15, 0.2) is 11.4 Å². The van der Waals surface area contributed by atoms with Crippen LogP contribution < -0.4 is 0 Å². The van der Waals surface area contributed by atoms with E-state index in [1.54, 1.807) is 11.6 Å². The number of aromatic nitrogens is 2. The molecule has 0 aromatic carbocycles. The first-order valence-corrected chi connectivity index (χ1v) is 4.44. The highest BCUT2D eigenvalue weighted by Gasteiger charge is 2.15. The molecule has 5 nitrogen and oxygen atoms in total. The third-order valence-electron chi connectivity index (χ3n) is 1.28. The standard InChI is InChI=1S/C6H9N3O2S/c1-3-12-6-7-5(9(10)11)4-8(6)2/h4H,3H2,1-2H3. The van der Waals surface area contributed by atoms with Crippen LogP contribution in [0.25, 0.3) is 0 Å². The van der Waals surface area contributed by atoms with Gasteiger partial charge in [0.2, 0.25) is 0 Å². The first-order valence-electron chi connectivity index (χ1n) is 3.45. The van der Waals surface area contributed by atoms with Crippen LogP contribution in [0.2, 0.25) is 0 Å². The molecular weight excluding hydrogens is 178 g/mol. The number of hydrogen-bond donors (Lipinski definition) is 0. The summed E-state index contributed by atoms with van der Waals surface area (Å²) in [5.41, 5.74) is 0. The summed E-state index contributed by atoms with van der Waals surface area (Å²) in [6, 6.07) is 0. The van der Waals surface area contributed by atoms with Crippen molar-refractivity contribution in [2.45, 2.75) is 12.1 Å². The molecule has 0 spiro atoms. The van der Waals surface area contributed by atoms with Gasteiger partial charge in [-0.3, -0.25) is 0 Å². The Morgan fingerprint density at radius 3 is 2.92 bits per heavy atom. The van der Waals surface area contributed by atoms with E-state index in [4.69, 9.17) is 0 Å². The van der Waals surface area contributed by atoms with Gasteiger partial charge < -0.3 is 14.7 Å². The lowest BCUT2D eigenvalue weighted by Gasteiger charge is -1.89. The number of imidazole rings is 1. The normalized spacial score (nSPS) is 10.2. The van der Waals surface area contributed by atoms with Gasteiger partial charge in [-0.1, -0.05) is 18.7 Å². The average molecular weight is 187 g/mol. The van der Waals surface area contributed by atoms with Crippen LogP contribution in [0.5, 0.6) is 0 Å². The lowest BCUT2D eigenvalue weighted by Crippen LogP contribution is -1.87. The minimum absolute atomic E-state index is 0.0894. The summed E-state index contributed by atoms with van der Waals surface area (Å²) in [7, 11) is 1.75. The summed E-state index contributed by atoms with van der Waals surface area (Å²) in [6.07, 6.45) is 1.41. The van der Waals surface area contributed by atoms with Crippen molar-refractivity contribution in [3.63, 3.8) is 0 Å². The Morgan fingerprint density at radius 2 is 2.50 bits per heavy atom. The maximum Gasteiger partial charge on any atom is 0.382 e. The summed E-state index contributed by atoms with van der Waals surface area (Å²) in [6.45, 7) is 1.98. The second-order valence-electron chi connectivity index (χ2n) is 2.18. The van der Waals surface area contributed by atoms with Crippen molar-refractivity contribution in [2.24, 2.45) is 7.05 Å². The van der Waals surface area contributed by atoms with Crippen molar-refractivity contribution in [3.8, 4) is 0 Å². The highest BCUT2D eigenvalue weighted by molar-refractivity contribution is 7.99. The third kappa shape index (κ3) is 1.76.